The molecule has 8 N–H and O–H groups in total. The van der Waals surface area contributed by atoms with Crippen LogP contribution in [0.3, 0.4) is 0 Å². The SMILES string of the molecule is CCC(C)C(N)C(=O)NC(CCCCN)C(=O)NC(CS)C(=O)NC(C(=O)O)C(C)C. The van der Waals surface area contributed by atoms with Crippen LogP contribution in [0.25, 0.3) is 0 Å². The van der Waals surface area contributed by atoms with E-state index in [2.05, 4.69) is 28.6 Å². The lowest BCUT2D eigenvalue weighted by molar-refractivity contribution is -0.143. The number of carbonyl (C=O) groups excluding carboxylic acids is 3. The minimum atomic E-state index is -1.17. The molecule has 0 aromatic rings. The lowest BCUT2D eigenvalue weighted by Crippen LogP contribution is -2.58. The Morgan fingerprint density at radius 1 is 0.935 bits per heavy atom. The lowest BCUT2D eigenvalue weighted by Gasteiger charge is -2.26. The molecule has 0 aliphatic rings. The van der Waals surface area contributed by atoms with Gasteiger partial charge in [0.1, 0.15) is 18.1 Å². The zero-order chi connectivity index (χ0) is 24.1. The van der Waals surface area contributed by atoms with Crippen LogP contribution >= 0.6 is 12.6 Å². The summed E-state index contributed by atoms with van der Waals surface area (Å²) in [7, 11) is 0. The second-order valence-corrected chi connectivity index (χ2v) is 8.43. The van der Waals surface area contributed by atoms with Gasteiger partial charge in [-0.3, -0.25) is 14.4 Å². The Labute approximate surface area is 190 Å². The largest absolute Gasteiger partial charge is 0.480 e. The van der Waals surface area contributed by atoms with Crippen LogP contribution < -0.4 is 27.4 Å². The normalized spacial score (nSPS) is 16.0. The number of hydrogen-bond donors (Lipinski definition) is 7. The van der Waals surface area contributed by atoms with Gasteiger partial charge in [-0.05, 0) is 37.6 Å². The third-order valence-electron chi connectivity index (χ3n) is 5.19. The van der Waals surface area contributed by atoms with E-state index in [1.807, 2.05) is 13.8 Å². The van der Waals surface area contributed by atoms with Crippen LogP contribution in [0.4, 0.5) is 0 Å². The van der Waals surface area contributed by atoms with Crippen molar-refractivity contribution in [3.05, 3.63) is 0 Å². The summed E-state index contributed by atoms with van der Waals surface area (Å²) in [5, 5.41) is 16.9. The van der Waals surface area contributed by atoms with Gasteiger partial charge in [0.2, 0.25) is 17.7 Å². The number of hydrogen-bond acceptors (Lipinski definition) is 7. The molecule has 0 rings (SSSR count). The Morgan fingerprint density at radius 2 is 1.48 bits per heavy atom. The number of carbonyl (C=O) groups is 4. The maximum Gasteiger partial charge on any atom is 0.326 e. The average Bonchev–Trinajstić information content (AvgIpc) is 2.72. The van der Waals surface area contributed by atoms with Crippen molar-refractivity contribution in [3.8, 4) is 0 Å². The molecule has 0 aliphatic carbocycles. The molecule has 0 heterocycles. The van der Waals surface area contributed by atoms with Gasteiger partial charge in [0.05, 0.1) is 6.04 Å². The fourth-order valence-electron chi connectivity index (χ4n) is 2.78. The van der Waals surface area contributed by atoms with Gasteiger partial charge in [-0.15, -0.1) is 0 Å². The van der Waals surface area contributed by atoms with E-state index >= 15 is 0 Å². The predicted molar refractivity (Wildman–Crippen MR) is 122 cm³/mol. The fourth-order valence-corrected chi connectivity index (χ4v) is 3.03. The monoisotopic (exact) mass is 461 g/mol. The van der Waals surface area contributed by atoms with Gasteiger partial charge in [0.25, 0.3) is 0 Å². The van der Waals surface area contributed by atoms with E-state index in [0.717, 1.165) is 0 Å². The van der Waals surface area contributed by atoms with Crippen LogP contribution in [0.2, 0.25) is 0 Å². The topological polar surface area (TPSA) is 177 Å². The number of carboxylic acid groups (broad SMARTS) is 1. The number of unbranched alkanes of at least 4 members (excludes halogenated alkanes) is 1. The number of carboxylic acids is 1. The summed E-state index contributed by atoms with van der Waals surface area (Å²) in [5.74, 6) is -3.29. The zero-order valence-corrected chi connectivity index (χ0v) is 19.8. The van der Waals surface area contributed by atoms with Crippen LogP contribution in [0.5, 0.6) is 0 Å². The molecular weight excluding hydrogens is 422 g/mol. The minimum absolute atomic E-state index is 0.0438. The van der Waals surface area contributed by atoms with Gasteiger partial charge < -0.3 is 32.5 Å². The molecule has 0 radical (unpaired) electrons. The molecule has 0 fully saturated rings. The standard InChI is InChI=1S/C20H39N5O5S/c1-5-12(4)15(22)19(28)23-13(8-6-7-9-21)17(26)24-14(10-31)18(27)25-16(11(2)3)20(29)30/h11-16,31H,5-10,21-22H2,1-4H3,(H,23,28)(H,24,26)(H,25,27)(H,29,30). The summed E-state index contributed by atoms with van der Waals surface area (Å²) >= 11 is 4.10. The number of thiol groups is 1. The van der Waals surface area contributed by atoms with Gasteiger partial charge in [-0.1, -0.05) is 34.1 Å². The molecule has 180 valence electrons. The van der Waals surface area contributed by atoms with Crippen LogP contribution in [-0.4, -0.2) is 65.3 Å². The summed E-state index contributed by atoms with van der Waals surface area (Å²) in [6.07, 6.45) is 2.30. The third-order valence-corrected chi connectivity index (χ3v) is 5.55. The first-order valence-electron chi connectivity index (χ1n) is 10.7. The second-order valence-electron chi connectivity index (χ2n) is 8.07. The quantitative estimate of drug-likeness (QED) is 0.128. The van der Waals surface area contributed by atoms with Crippen molar-refractivity contribution < 1.29 is 24.3 Å². The van der Waals surface area contributed by atoms with Gasteiger partial charge in [0.15, 0.2) is 0 Å². The molecule has 5 unspecified atom stereocenters. The third kappa shape index (κ3) is 10.3. The highest BCUT2D eigenvalue weighted by molar-refractivity contribution is 7.80. The summed E-state index contributed by atoms with van der Waals surface area (Å²) in [5.41, 5.74) is 11.5. The molecule has 0 aromatic heterocycles. The molecule has 10 nitrogen and oxygen atoms in total. The van der Waals surface area contributed by atoms with Crippen molar-refractivity contribution in [2.45, 2.75) is 77.5 Å². The number of nitrogens with two attached hydrogens (primary N) is 2. The van der Waals surface area contributed by atoms with Gasteiger partial charge in [-0.25, -0.2) is 4.79 Å². The maximum atomic E-state index is 12.8. The van der Waals surface area contributed by atoms with Crippen molar-refractivity contribution in [1.29, 1.82) is 0 Å². The van der Waals surface area contributed by atoms with Gasteiger partial charge >= 0.3 is 5.97 Å². The molecule has 3 amide bonds. The molecule has 0 saturated carbocycles. The Balaban J connectivity index is 5.27. The predicted octanol–water partition coefficient (Wildman–Crippen LogP) is -0.386. The van der Waals surface area contributed by atoms with Crippen LogP contribution in [0, 0.1) is 11.8 Å². The average molecular weight is 462 g/mol. The fraction of sp³-hybridized carbons (Fsp3) is 0.800. The van der Waals surface area contributed by atoms with Crippen molar-refractivity contribution in [2.24, 2.45) is 23.3 Å². The van der Waals surface area contributed by atoms with E-state index < -0.39 is 47.9 Å². The number of rotatable bonds is 15. The number of amides is 3. The van der Waals surface area contributed by atoms with E-state index in [9.17, 15) is 24.3 Å². The van der Waals surface area contributed by atoms with Crippen molar-refractivity contribution in [3.63, 3.8) is 0 Å². The first-order valence-corrected chi connectivity index (χ1v) is 11.3. The van der Waals surface area contributed by atoms with E-state index in [-0.39, 0.29) is 17.6 Å². The van der Waals surface area contributed by atoms with Crippen molar-refractivity contribution in [1.82, 2.24) is 16.0 Å². The molecule has 0 bridgehead atoms. The summed E-state index contributed by atoms with van der Waals surface area (Å²) in [4.78, 5) is 49.2. The first kappa shape index (κ1) is 29.1. The van der Waals surface area contributed by atoms with Crippen molar-refractivity contribution in [2.75, 3.05) is 12.3 Å². The van der Waals surface area contributed by atoms with E-state index in [4.69, 9.17) is 11.5 Å². The minimum Gasteiger partial charge on any atom is -0.480 e. The molecular formula is C20H39N5O5S. The number of aliphatic carboxylic acids is 1. The molecule has 11 heteroatoms. The summed E-state index contributed by atoms with van der Waals surface area (Å²) in [6.45, 7) is 7.54. The Bertz CT molecular complexity index is 605. The first-order chi connectivity index (χ1) is 14.5. The van der Waals surface area contributed by atoms with Gasteiger partial charge in [0, 0.05) is 5.75 Å². The Hall–Kier alpha value is -1.85. The smallest absolute Gasteiger partial charge is 0.326 e. The zero-order valence-electron chi connectivity index (χ0n) is 18.9. The van der Waals surface area contributed by atoms with Gasteiger partial charge in [-0.2, -0.15) is 12.6 Å². The maximum absolute atomic E-state index is 12.8. The molecule has 0 saturated heterocycles. The highest BCUT2D eigenvalue weighted by Crippen LogP contribution is 2.08. The van der Waals surface area contributed by atoms with Crippen LogP contribution in [-0.2, 0) is 19.2 Å². The highest BCUT2D eigenvalue weighted by atomic mass is 32.1. The molecule has 0 aromatic carbocycles. The number of nitrogens with one attached hydrogen (secondary N) is 3. The van der Waals surface area contributed by atoms with Crippen LogP contribution in [0.15, 0.2) is 0 Å². The summed E-state index contributed by atoms with van der Waals surface area (Å²) in [6, 6.07) is -3.82. The Kier molecular flexibility index (Phi) is 14.1. The van der Waals surface area contributed by atoms with E-state index in [1.165, 1.54) is 0 Å². The van der Waals surface area contributed by atoms with Crippen LogP contribution in [0.1, 0.15) is 53.4 Å². The van der Waals surface area contributed by atoms with E-state index in [0.29, 0.717) is 32.2 Å². The highest BCUT2D eigenvalue weighted by Gasteiger charge is 2.31. The molecule has 0 spiro atoms. The molecule has 5 atom stereocenters. The Morgan fingerprint density at radius 3 is 1.94 bits per heavy atom. The van der Waals surface area contributed by atoms with E-state index in [1.54, 1.807) is 13.8 Å². The second kappa shape index (κ2) is 15.0. The summed E-state index contributed by atoms with van der Waals surface area (Å²) < 4.78 is 0. The molecule has 0 aliphatic heterocycles. The lowest BCUT2D eigenvalue weighted by atomic mass is 9.98. The van der Waals surface area contributed by atoms with Crippen molar-refractivity contribution >= 4 is 36.3 Å². The molecule has 31 heavy (non-hydrogen) atoms.